The molecule has 0 aliphatic carbocycles. The molecule has 0 bridgehead atoms. The molecule has 3 aromatic rings. The first-order chi connectivity index (χ1) is 11.0. The lowest BCUT2D eigenvalue weighted by atomic mass is 9.79. The summed E-state index contributed by atoms with van der Waals surface area (Å²) in [6.45, 7) is 1.76. The predicted molar refractivity (Wildman–Crippen MR) is 91.4 cm³/mol. The summed E-state index contributed by atoms with van der Waals surface area (Å²) in [5.74, 6) is -1.14. The van der Waals surface area contributed by atoms with Crippen molar-refractivity contribution in [3.05, 3.63) is 70.2 Å². The van der Waals surface area contributed by atoms with E-state index in [0.717, 1.165) is 21.2 Å². The molecule has 0 saturated heterocycles. The van der Waals surface area contributed by atoms with E-state index < -0.39 is 11.4 Å². The Labute approximate surface area is 138 Å². The minimum absolute atomic E-state index is 0.310. The lowest BCUT2D eigenvalue weighted by molar-refractivity contribution is -0.147. The molecule has 1 heterocycles. The fourth-order valence-electron chi connectivity index (χ4n) is 2.81. The van der Waals surface area contributed by atoms with E-state index in [0.29, 0.717) is 12.8 Å². The molecule has 0 saturated carbocycles. The molecule has 3 rings (SSSR count). The number of hydrogen-bond donors (Lipinski definition) is 1. The number of carboxylic acid groups (broad SMARTS) is 1. The number of benzene rings is 2. The summed E-state index contributed by atoms with van der Waals surface area (Å²) in [7, 11) is 0. The molecule has 0 fully saturated rings. The van der Waals surface area contributed by atoms with Crippen molar-refractivity contribution < 1.29 is 14.3 Å². The second-order valence-corrected chi connectivity index (χ2v) is 7.06. The van der Waals surface area contributed by atoms with Crippen LogP contribution in [0.5, 0.6) is 0 Å². The zero-order valence-corrected chi connectivity index (χ0v) is 13.6. The van der Waals surface area contributed by atoms with Crippen LogP contribution in [0.25, 0.3) is 10.8 Å². The summed E-state index contributed by atoms with van der Waals surface area (Å²) >= 11 is 1.60. The van der Waals surface area contributed by atoms with E-state index in [-0.39, 0.29) is 5.82 Å². The van der Waals surface area contributed by atoms with Gasteiger partial charge in [0.1, 0.15) is 5.82 Å². The van der Waals surface area contributed by atoms with Crippen LogP contribution in [-0.2, 0) is 17.6 Å². The van der Waals surface area contributed by atoms with Crippen LogP contribution in [0.1, 0.15) is 17.4 Å². The molecule has 0 amide bonds. The third-order valence-corrected chi connectivity index (χ3v) is 5.18. The monoisotopic (exact) mass is 328 g/mol. The highest BCUT2D eigenvalue weighted by atomic mass is 32.1. The number of rotatable bonds is 5. The van der Waals surface area contributed by atoms with Gasteiger partial charge >= 0.3 is 5.97 Å². The molecule has 1 atom stereocenters. The third-order valence-electron chi connectivity index (χ3n) is 4.16. The molecule has 118 valence electrons. The zero-order chi connectivity index (χ0) is 16.4. The van der Waals surface area contributed by atoms with Crippen molar-refractivity contribution in [2.75, 3.05) is 0 Å². The minimum Gasteiger partial charge on any atom is -0.481 e. The summed E-state index contributed by atoms with van der Waals surface area (Å²) in [5.41, 5.74) is -0.0944. The summed E-state index contributed by atoms with van der Waals surface area (Å²) in [5, 5.41) is 14.1. The first-order valence-corrected chi connectivity index (χ1v) is 8.29. The van der Waals surface area contributed by atoms with E-state index in [4.69, 9.17) is 0 Å². The number of thiophene rings is 1. The predicted octanol–water partition coefficient (Wildman–Crippen LogP) is 4.92. The van der Waals surface area contributed by atoms with Crippen LogP contribution in [0.3, 0.4) is 0 Å². The lowest BCUT2D eigenvalue weighted by Gasteiger charge is -2.24. The standard InChI is InChI=1S/C19H17FO2S/c1-19(18(21)22,10-13-6-8-15(20)9-7-13)11-17-16-5-3-2-4-14(16)12-23-17/h2-9,12H,10-11H2,1H3,(H,21,22). The summed E-state index contributed by atoms with van der Waals surface area (Å²) < 4.78 is 13.0. The van der Waals surface area contributed by atoms with E-state index >= 15 is 0 Å². The lowest BCUT2D eigenvalue weighted by Crippen LogP contribution is -2.32. The van der Waals surface area contributed by atoms with Crippen molar-refractivity contribution in [3.63, 3.8) is 0 Å². The van der Waals surface area contributed by atoms with Crippen molar-refractivity contribution >= 4 is 28.1 Å². The maximum absolute atomic E-state index is 13.0. The number of aliphatic carboxylic acids is 1. The highest BCUT2D eigenvalue weighted by Gasteiger charge is 2.34. The van der Waals surface area contributed by atoms with Crippen LogP contribution in [0.4, 0.5) is 4.39 Å². The van der Waals surface area contributed by atoms with Gasteiger partial charge in [-0.1, -0.05) is 36.4 Å². The van der Waals surface area contributed by atoms with Gasteiger partial charge in [0, 0.05) is 4.88 Å². The van der Waals surface area contributed by atoms with Gasteiger partial charge in [0.05, 0.1) is 5.41 Å². The molecule has 0 aliphatic heterocycles. The van der Waals surface area contributed by atoms with Gasteiger partial charge in [-0.15, -0.1) is 11.3 Å². The van der Waals surface area contributed by atoms with E-state index in [2.05, 4.69) is 5.38 Å². The Bertz CT molecular complexity index is 838. The van der Waals surface area contributed by atoms with Crippen LogP contribution in [-0.4, -0.2) is 11.1 Å². The highest BCUT2D eigenvalue weighted by molar-refractivity contribution is 7.11. The Balaban J connectivity index is 1.91. The quantitative estimate of drug-likeness (QED) is 0.722. The average Bonchev–Trinajstić information content (AvgIpc) is 2.93. The first-order valence-electron chi connectivity index (χ1n) is 7.41. The average molecular weight is 328 g/mol. The highest BCUT2D eigenvalue weighted by Crippen LogP contribution is 2.34. The second kappa shape index (κ2) is 6.13. The van der Waals surface area contributed by atoms with Gasteiger partial charge in [-0.2, -0.15) is 0 Å². The number of carbonyl (C=O) groups is 1. The zero-order valence-electron chi connectivity index (χ0n) is 12.8. The van der Waals surface area contributed by atoms with Crippen LogP contribution in [0.2, 0.25) is 0 Å². The minimum atomic E-state index is -0.925. The summed E-state index contributed by atoms with van der Waals surface area (Å²) in [4.78, 5) is 13.0. The van der Waals surface area contributed by atoms with Crippen molar-refractivity contribution in [1.82, 2.24) is 0 Å². The van der Waals surface area contributed by atoms with Crippen molar-refractivity contribution in [1.29, 1.82) is 0 Å². The maximum atomic E-state index is 13.0. The van der Waals surface area contributed by atoms with Gasteiger partial charge in [0.15, 0.2) is 0 Å². The van der Waals surface area contributed by atoms with Gasteiger partial charge in [-0.3, -0.25) is 4.79 Å². The van der Waals surface area contributed by atoms with E-state index in [9.17, 15) is 14.3 Å². The van der Waals surface area contributed by atoms with E-state index in [1.165, 1.54) is 12.1 Å². The molecule has 0 spiro atoms. The van der Waals surface area contributed by atoms with Crippen LogP contribution < -0.4 is 0 Å². The molecule has 0 aliphatic rings. The van der Waals surface area contributed by atoms with Crippen molar-refractivity contribution in [2.45, 2.75) is 19.8 Å². The molecular formula is C19H17FO2S. The Morgan fingerprint density at radius 2 is 1.83 bits per heavy atom. The summed E-state index contributed by atoms with van der Waals surface area (Å²) in [6.07, 6.45) is 0.826. The largest absolute Gasteiger partial charge is 0.481 e. The number of halogens is 1. The smallest absolute Gasteiger partial charge is 0.310 e. The number of fused-ring (bicyclic) bond motifs is 1. The van der Waals surface area contributed by atoms with Crippen molar-refractivity contribution in [3.8, 4) is 0 Å². The van der Waals surface area contributed by atoms with E-state index in [1.54, 1.807) is 30.4 Å². The molecule has 2 aromatic carbocycles. The van der Waals surface area contributed by atoms with Gasteiger partial charge < -0.3 is 5.11 Å². The molecule has 23 heavy (non-hydrogen) atoms. The number of carboxylic acids is 1. The molecule has 1 aromatic heterocycles. The van der Waals surface area contributed by atoms with Gasteiger partial charge in [-0.05, 0) is 53.6 Å². The van der Waals surface area contributed by atoms with Crippen LogP contribution in [0, 0.1) is 11.2 Å². The number of hydrogen-bond acceptors (Lipinski definition) is 2. The van der Waals surface area contributed by atoms with Gasteiger partial charge in [-0.25, -0.2) is 4.39 Å². The fourth-order valence-corrected chi connectivity index (χ4v) is 4.00. The summed E-state index contributed by atoms with van der Waals surface area (Å²) in [6, 6.07) is 14.1. The molecular weight excluding hydrogens is 311 g/mol. The second-order valence-electron chi connectivity index (χ2n) is 6.09. The Morgan fingerprint density at radius 3 is 2.52 bits per heavy atom. The first kappa shape index (κ1) is 15.7. The topological polar surface area (TPSA) is 37.3 Å². The van der Waals surface area contributed by atoms with Crippen LogP contribution >= 0.6 is 11.3 Å². The van der Waals surface area contributed by atoms with Crippen LogP contribution in [0.15, 0.2) is 53.9 Å². The third kappa shape index (κ3) is 3.27. The Hall–Kier alpha value is -2.20. The van der Waals surface area contributed by atoms with Crippen molar-refractivity contribution in [2.24, 2.45) is 5.41 Å². The SMILES string of the molecule is CC(Cc1ccc(F)cc1)(Cc1scc2ccccc12)C(=O)O. The normalized spacial score (nSPS) is 13.8. The Kier molecular flexibility index (Phi) is 4.18. The maximum Gasteiger partial charge on any atom is 0.310 e. The fraction of sp³-hybridized carbons (Fsp3) is 0.211. The van der Waals surface area contributed by atoms with Gasteiger partial charge in [0.2, 0.25) is 0 Å². The molecule has 4 heteroatoms. The van der Waals surface area contributed by atoms with Gasteiger partial charge in [0.25, 0.3) is 0 Å². The molecule has 1 unspecified atom stereocenters. The Morgan fingerprint density at radius 1 is 1.13 bits per heavy atom. The molecule has 2 nitrogen and oxygen atoms in total. The molecule has 0 radical (unpaired) electrons. The molecule has 1 N–H and O–H groups in total. The van der Waals surface area contributed by atoms with E-state index in [1.807, 2.05) is 24.3 Å².